The zero-order chi connectivity index (χ0) is 21.2. The van der Waals surface area contributed by atoms with Gasteiger partial charge in [-0.25, -0.2) is 23.1 Å². The summed E-state index contributed by atoms with van der Waals surface area (Å²) < 4.78 is 32.5. The number of oxazole rings is 1. The molecule has 0 atom stereocenters. The van der Waals surface area contributed by atoms with Crippen LogP contribution < -0.4 is 15.4 Å². The van der Waals surface area contributed by atoms with Gasteiger partial charge in [0.15, 0.2) is 5.96 Å². The lowest BCUT2D eigenvalue weighted by molar-refractivity contribution is 0.572. The normalized spacial score (nSPS) is 12.0. The van der Waals surface area contributed by atoms with Crippen LogP contribution in [0, 0.1) is 0 Å². The van der Waals surface area contributed by atoms with Crippen molar-refractivity contribution in [1.29, 1.82) is 0 Å². The van der Waals surface area contributed by atoms with Crippen molar-refractivity contribution in [3.8, 4) is 11.5 Å². The van der Waals surface area contributed by atoms with Crippen molar-refractivity contribution in [2.75, 3.05) is 19.6 Å². The maximum absolute atomic E-state index is 12.2. The van der Waals surface area contributed by atoms with Gasteiger partial charge in [-0.2, -0.15) is 0 Å². The van der Waals surface area contributed by atoms with Crippen molar-refractivity contribution in [2.24, 2.45) is 4.99 Å². The van der Waals surface area contributed by atoms with Crippen LogP contribution in [0.3, 0.4) is 0 Å². The molecule has 0 unspecified atom stereocenters. The quantitative estimate of drug-likeness (QED) is 0.275. The second kappa shape index (κ2) is 10.6. The average Bonchev–Trinajstić information content (AvgIpc) is 3.25. The molecule has 0 radical (unpaired) electrons. The van der Waals surface area contributed by atoms with E-state index in [9.17, 15) is 8.42 Å². The summed E-state index contributed by atoms with van der Waals surface area (Å²) in [6.45, 7) is 3.58. The number of aliphatic imine (C=N–C) groups is 1. The molecule has 0 spiro atoms. The molecule has 2 aromatic carbocycles. The molecule has 3 aromatic rings. The van der Waals surface area contributed by atoms with Crippen LogP contribution in [0.1, 0.15) is 12.6 Å². The minimum atomic E-state index is -3.52. The molecule has 30 heavy (non-hydrogen) atoms. The Morgan fingerprint density at radius 2 is 1.70 bits per heavy atom. The van der Waals surface area contributed by atoms with Gasteiger partial charge in [-0.05, 0) is 31.2 Å². The van der Waals surface area contributed by atoms with E-state index in [4.69, 9.17) is 4.42 Å². The van der Waals surface area contributed by atoms with Crippen molar-refractivity contribution in [3.63, 3.8) is 0 Å². The smallest absolute Gasteiger partial charge is 0.240 e. The van der Waals surface area contributed by atoms with Crippen LogP contribution in [0.5, 0.6) is 0 Å². The number of sulfonamides is 1. The van der Waals surface area contributed by atoms with Crippen LogP contribution in [0.4, 0.5) is 0 Å². The second-order valence-corrected chi connectivity index (χ2v) is 8.11. The molecule has 0 saturated carbocycles. The Bertz CT molecular complexity index is 1050. The number of aromatic nitrogens is 1. The van der Waals surface area contributed by atoms with E-state index < -0.39 is 10.0 Å². The summed E-state index contributed by atoms with van der Waals surface area (Å²) in [5.74, 6) is 1.12. The van der Waals surface area contributed by atoms with E-state index in [0.29, 0.717) is 37.2 Å². The average molecular weight is 428 g/mol. The van der Waals surface area contributed by atoms with E-state index in [0.717, 1.165) is 5.56 Å². The highest BCUT2D eigenvalue weighted by atomic mass is 32.2. The third-order valence-electron chi connectivity index (χ3n) is 4.08. The van der Waals surface area contributed by atoms with E-state index in [1.807, 2.05) is 37.3 Å². The summed E-state index contributed by atoms with van der Waals surface area (Å²) in [6.07, 6.45) is 1.59. The summed E-state index contributed by atoms with van der Waals surface area (Å²) in [7, 11) is -3.52. The number of nitrogens with zero attached hydrogens (tertiary/aromatic N) is 2. The summed E-state index contributed by atoms with van der Waals surface area (Å²) in [5, 5.41) is 6.23. The molecule has 0 saturated heterocycles. The van der Waals surface area contributed by atoms with Crippen molar-refractivity contribution < 1.29 is 12.8 Å². The molecule has 0 aliphatic carbocycles. The first-order valence-corrected chi connectivity index (χ1v) is 11.1. The zero-order valence-corrected chi connectivity index (χ0v) is 17.5. The topological polar surface area (TPSA) is 109 Å². The van der Waals surface area contributed by atoms with Gasteiger partial charge in [0.1, 0.15) is 12.0 Å². The van der Waals surface area contributed by atoms with Gasteiger partial charge >= 0.3 is 0 Å². The lowest BCUT2D eigenvalue weighted by Gasteiger charge is -2.11. The fraction of sp³-hybridized carbons (Fsp3) is 0.238. The standard InChI is InChI=1S/C21H25N5O3S/c1-2-22-21(23-13-14-25-30(27,28)19-11-7-4-8-12-19)24-15-18-16-29-20(26-18)17-9-5-3-6-10-17/h3-12,16,25H,2,13-15H2,1H3,(H2,22,23,24). The van der Waals surface area contributed by atoms with Crippen LogP contribution in [0.25, 0.3) is 11.5 Å². The van der Waals surface area contributed by atoms with E-state index in [2.05, 4.69) is 25.3 Å². The Labute approximate surface area is 176 Å². The monoisotopic (exact) mass is 427 g/mol. The Morgan fingerprint density at radius 3 is 2.40 bits per heavy atom. The lowest BCUT2D eigenvalue weighted by atomic mass is 10.2. The predicted octanol–water partition coefficient (Wildman–Crippen LogP) is 2.38. The molecular formula is C21H25N5O3S. The zero-order valence-electron chi connectivity index (χ0n) is 16.7. The summed E-state index contributed by atoms with van der Waals surface area (Å²) in [6, 6.07) is 17.9. The van der Waals surface area contributed by atoms with Gasteiger partial charge in [0.25, 0.3) is 0 Å². The van der Waals surface area contributed by atoms with Crippen molar-refractivity contribution in [1.82, 2.24) is 20.3 Å². The molecule has 1 aromatic heterocycles. The molecule has 1 heterocycles. The molecule has 0 bridgehead atoms. The summed E-state index contributed by atoms with van der Waals surface area (Å²) in [4.78, 5) is 9.17. The van der Waals surface area contributed by atoms with E-state index >= 15 is 0 Å². The minimum absolute atomic E-state index is 0.226. The second-order valence-electron chi connectivity index (χ2n) is 6.34. The van der Waals surface area contributed by atoms with Crippen LogP contribution in [0.15, 0.2) is 81.2 Å². The highest BCUT2D eigenvalue weighted by Crippen LogP contribution is 2.18. The SMILES string of the molecule is CCNC(=NCc1coc(-c2ccccc2)n1)NCCNS(=O)(=O)c1ccccc1. The highest BCUT2D eigenvalue weighted by Gasteiger charge is 2.12. The molecule has 8 nitrogen and oxygen atoms in total. The first-order chi connectivity index (χ1) is 14.6. The first-order valence-electron chi connectivity index (χ1n) is 9.65. The third-order valence-corrected chi connectivity index (χ3v) is 5.56. The van der Waals surface area contributed by atoms with E-state index in [1.165, 1.54) is 0 Å². The molecule has 0 amide bonds. The molecule has 3 rings (SSSR count). The minimum Gasteiger partial charge on any atom is -0.444 e. The first kappa shape index (κ1) is 21.5. The Balaban J connectivity index is 1.52. The number of hydrogen-bond donors (Lipinski definition) is 3. The summed E-state index contributed by atoms with van der Waals surface area (Å²) in [5.41, 5.74) is 1.61. The fourth-order valence-corrected chi connectivity index (χ4v) is 3.70. The van der Waals surface area contributed by atoms with Crippen molar-refractivity contribution in [3.05, 3.63) is 72.6 Å². The number of benzene rings is 2. The Morgan fingerprint density at radius 1 is 1.00 bits per heavy atom. The van der Waals surface area contributed by atoms with Crippen LogP contribution in [-0.2, 0) is 16.6 Å². The van der Waals surface area contributed by atoms with E-state index in [1.54, 1.807) is 36.6 Å². The third kappa shape index (κ3) is 6.16. The van der Waals surface area contributed by atoms with Gasteiger partial charge in [0.05, 0.1) is 11.4 Å². The van der Waals surface area contributed by atoms with Crippen molar-refractivity contribution in [2.45, 2.75) is 18.4 Å². The van der Waals surface area contributed by atoms with Gasteiger partial charge in [-0.3, -0.25) is 0 Å². The van der Waals surface area contributed by atoms with Gasteiger partial charge in [-0.1, -0.05) is 36.4 Å². The largest absolute Gasteiger partial charge is 0.444 e. The van der Waals surface area contributed by atoms with Gasteiger partial charge in [0.2, 0.25) is 15.9 Å². The molecule has 3 N–H and O–H groups in total. The molecule has 0 aliphatic heterocycles. The maximum Gasteiger partial charge on any atom is 0.240 e. The van der Waals surface area contributed by atoms with Gasteiger partial charge in [0, 0.05) is 25.2 Å². The molecule has 0 aliphatic rings. The number of rotatable bonds is 9. The number of guanidine groups is 1. The maximum atomic E-state index is 12.2. The van der Waals surface area contributed by atoms with Crippen LogP contribution >= 0.6 is 0 Å². The summed E-state index contributed by atoms with van der Waals surface area (Å²) >= 11 is 0. The molecular weight excluding hydrogens is 402 g/mol. The molecule has 9 heteroatoms. The van der Waals surface area contributed by atoms with Crippen molar-refractivity contribution >= 4 is 16.0 Å². The molecule has 158 valence electrons. The number of hydrogen-bond acceptors (Lipinski definition) is 5. The fourth-order valence-electron chi connectivity index (χ4n) is 2.64. The van der Waals surface area contributed by atoms with Crippen LogP contribution in [0.2, 0.25) is 0 Å². The lowest BCUT2D eigenvalue weighted by Crippen LogP contribution is -2.41. The van der Waals surface area contributed by atoms with Crippen LogP contribution in [-0.4, -0.2) is 39.0 Å². The van der Waals surface area contributed by atoms with E-state index in [-0.39, 0.29) is 11.4 Å². The number of nitrogens with one attached hydrogen (secondary N) is 3. The van der Waals surface area contributed by atoms with Gasteiger partial charge in [-0.15, -0.1) is 0 Å². The van der Waals surface area contributed by atoms with Gasteiger partial charge < -0.3 is 15.1 Å². The molecule has 0 fully saturated rings. The highest BCUT2D eigenvalue weighted by molar-refractivity contribution is 7.89. The Hall–Kier alpha value is -3.17. The Kier molecular flexibility index (Phi) is 7.58. The predicted molar refractivity (Wildman–Crippen MR) is 116 cm³/mol.